The third-order valence-corrected chi connectivity index (χ3v) is 4.00. The van der Waals surface area contributed by atoms with Crippen LogP contribution in [0.5, 0.6) is 0 Å². The molecular weight excluding hydrogens is 452 g/mol. The molecule has 3 aromatic carbocycles. The average molecular weight is 469 g/mol. The Bertz CT molecular complexity index is 1070. The summed E-state index contributed by atoms with van der Waals surface area (Å²) in [6, 6.07) is 26.1. The van der Waals surface area contributed by atoms with Crippen molar-refractivity contribution in [2.75, 3.05) is 0 Å². The van der Waals surface area contributed by atoms with E-state index in [0.29, 0.717) is 11.4 Å². The van der Waals surface area contributed by atoms with Crippen LogP contribution in [0.1, 0.15) is 0 Å². The molecule has 0 N–H and O–H groups in total. The fourth-order valence-electron chi connectivity index (χ4n) is 2.58. The maximum absolute atomic E-state index is 13.1. The molecule has 32 heavy (non-hydrogen) atoms. The predicted molar refractivity (Wildman–Crippen MR) is 111 cm³/mol. The van der Waals surface area contributed by atoms with Gasteiger partial charge in [-0.2, -0.15) is 18.2 Å². The van der Waals surface area contributed by atoms with E-state index in [9.17, 15) is 17.6 Å². The van der Waals surface area contributed by atoms with E-state index >= 15 is 0 Å². The van der Waals surface area contributed by atoms with Crippen molar-refractivity contribution in [2.45, 2.75) is 0 Å². The Morgan fingerprint density at radius 2 is 0.938 bits per heavy atom. The maximum atomic E-state index is 13.1. The zero-order valence-electron chi connectivity index (χ0n) is 16.7. The molecule has 0 atom stereocenters. The quantitative estimate of drug-likeness (QED) is 0.158. The fourth-order valence-corrected chi connectivity index (χ4v) is 2.58. The number of aromatic nitrogens is 2. The Hall–Kier alpha value is -3.22. The number of benzene rings is 2. The SMILES string of the molecule is Fc1[c-]c(F)c(-n2cccc2)cc1.Fc1[c-]c(F)c(-n2cccc2)cc1.[Ti+4].c1cc[cH-]c1. The average Bonchev–Trinajstić information content (AvgIpc) is 3.52. The van der Waals surface area contributed by atoms with Crippen molar-refractivity contribution in [3.05, 3.63) is 139 Å². The van der Waals surface area contributed by atoms with Crippen molar-refractivity contribution in [3.63, 3.8) is 0 Å². The molecule has 0 fully saturated rings. The van der Waals surface area contributed by atoms with Crippen molar-refractivity contribution in [1.29, 1.82) is 0 Å². The van der Waals surface area contributed by atoms with Crippen LogP contribution in [0.3, 0.4) is 0 Å². The summed E-state index contributed by atoms with van der Waals surface area (Å²) in [6.45, 7) is 0. The van der Waals surface area contributed by atoms with Crippen LogP contribution in [-0.4, -0.2) is 9.13 Å². The molecule has 0 saturated heterocycles. The Kier molecular flexibility index (Phi) is 9.86. The molecule has 5 aromatic rings. The summed E-state index contributed by atoms with van der Waals surface area (Å²) >= 11 is 0. The van der Waals surface area contributed by atoms with E-state index in [1.54, 1.807) is 58.2 Å². The van der Waals surface area contributed by atoms with Gasteiger partial charge < -0.3 is 9.13 Å². The Balaban J connectivity index is 0.000000182. The fraction of sp³-hybridized carbons (Fsp3) is 0. The van der Waals surface area contributed by atoms with Gasteiger partial charge in [0.05, 0.1) is 0 Å². The second kappa shape index (κ2) is 12.6. The molecule has 2 heterocycles. The molecule has 0 bridgehead atoms. The first-order valence-electron chi connectivity index (χ1n) is 9.22. The van der Waals surface area contributed by atoms with Crippen LogP contribution in [0.15, 0.2) is 104 Å². The van der Waals surface area contributed by atoms with Gasteiger partial charge in [0, 0.05) is 23.3 Å². The molecule has 158 valence electrons. The molecule has 5 rings (SSSR count). The third-order valence-electron chi connectivity index (χ3n) is 4.00. The molecule has 0 aliphatic carbocycles. The van der Waals surface area contributed by atoms with E-state index < -0.39 is 23.3 Å². The molecule has 0 radical (unpaired) electrons. The van der Waals surface area contributed by atoms with E-state index in [-0.39, 0.29) is 21.7 Å². The van der Waals surface area contributed by atoms with Crippen LogP contribution < -0.4 is 0 Å². The normalized spacial score (nSPS) is 9.62. The number of rotatable bonds is 2. The molecular formula is C25H17F4N2Ti+. The molecule has 7 heteroatoms. The Morgan fingerprint density at radius 1 is 0.562 bits per heavy atom. The van der Waals surface area contributed by atoms with Gasteiger partial charge >= 0.3 is 21.7 Å². The van der Waals surface area contributed by atoms with Crippen molar-refractivity contribution in [2.24, 2.45) is 0 Å². The third kappa shape index (κ3) is 7.18. The molecule has 0 saturated carbocycles. The monoisotopic (exact) mass is 469 g/mol. The zero-order valence-corrected chi connectivity index (χ0v) is 18.3. The Labute approximate surface area is 198 Å². The molecule has 0 spiro atoms. The summed E-state index contributed by atoms with van der Waals surface area (Å²) in [5.41, 5.74) is 0.595. The van der Waals surface area contributed by atoms with Gasteiger partial charge in [-0.15, -0.1) is 36.4 Å². The van der Waals surface area contributed by atoms with Crippen molar-refractivity contribution in [3.8, 4) is 11.4 Å². The first-order chi connectivity index (χ1) is 15.0. The van der Waals surface area contributed by atoms with Crippen LogP contribution in [-0.2, 0) is 21.7 Å². The smallest absolute Gasteiger partial charge is 0.375 e. The molecule has 0 amide bonds. The van der Waals surface area contributed by atoms with Crippen molar-refractivity contribution in [1.82, 2.24) is 9.13 Å². The van der Waals surface area contributed by atoms with E-state index in [1.807, 2.05) is 42.5 Å². The molecule has 0 aliphatic heterocycles. The first-order valence-corrected chi connectivity index (χ1v) is 9.22. The van der Waals surface area contributed by atoms with E-state index in [1.165, 1.54) is 24.3 Å². The van der Waals surface area contributed by atoms with Crippen LogP contribution in [0.4, 0.5) is 17.6 Å². The van der Waals surface area contributed by atoms with Crippen molar-refractivity contribution >= 4 is 0 Å². The first kappa shape index (κ1) is 25.0. The van der Waals surface area contributed by atoms with E-state index in [2.05, 4.69) is 0 Å². The van der Waals surface area contributed by atoms with Crippen molar-refractivity contribution < 1.29 is 39.3 Å². The van der Waals surface area contributed by atoms with Gasteiger partial charge in [0.1, 0.15) is 0 Å². The van der Waals surface area contributed by atoms with Gasteiger partial charge in [-0.3, -0.25) is 0 Å². The molecule has 0 aliphatic rings. The molecule has 0 unspecified atom stereocenters. The molecule has 2 aromatic heterocycles. The minimum absolute atomic E-state index is 0. The maximum Gasteiger partial charge on any atom is 4.00 e. The van der Waals surface area contributed by atoms with Gasteiger partial charge in [0.15, 0.2) is 0 Å². The van der Waals surface area contributed by atoms with Gasteiger partial charge in [0.25, 0.3) is 0 Å². The second-order valence-electron chi connectivity index (χ2n) is 6.15. The number of hydrogen-bond donors (Lipinski definition) is 0. The van der Waals surface area contributed by atoms with Gasteiger partial charge in [0.2, 0.25) is 0 Å². The molecule has 2 nitrogen and oxygen atoms in total. The zero-order chi connectivity index (χ0) is 22.1. The summed E-state index contributed by atoms with van der Waals surface area (Å²) in [5.74, 6) is -2.74. The topological polar surface area (TPSA) is 9.86 Å². The van der Waals surface area contributed by atoms with Crippen LogP contribution in [0.25, 0.3) is 11.4 Å². The van der Waals surface area contributed by atoms with Crippen LogP contribution in [0.2, 0.25) is 0 Å². The minimum atomic E-state index is -0.687. The summed E-state index contributed by atoms with van der Waals surface area (Å²) in [5, 5.41) is 0. The predicted octanol–water partition coefficient (Wildman–Crippen LogP) is 6.51. The van der Waals surface area contributed by atoms with Gasteiger partial charge in [-0.05, 0) is 60.4 Å². The number of hydrogen-bond acceptors (Lipinski definition) is 0. The van der Waals surface area contributed by atoms with Gasteiger partial charge in [-0.1, -0.05) is 0 Å². The van der Waals surface area contributed by atoms with Gasteiger partial charge in [-0.25, -0.2) is 29.7 Å². The van der Waals surface area contributed by atoms with Crippen LogP contribution >= 0.6 is 0 Å². The summed E-state index contributed by atoms with van der Waals surface area (Å²) in [4.78, 5) is 0. The second-order valence-corrected chi connectivity index (χ2v) is 6.15. The summed E-state index contributed by atoms with van der Waals surface area (Å²) in [6.07, 6.45) is 6.74. The minimum Gasteiger partial charge on any atom is -0.375 e. The van der Waals surface area contributed by atoms with E-state index in [4.69, 9.17) is 0 Å². The number of nitrogens with zero attached hydrogens (tertiary/aromatic N) is 2. The van der Waals surface area contributed by atoms with Crippen LogP contribution in [0, 0.1) is 35.4 Å². The largest absolute Gasteiger partial charge is 4.00 e. The summed E-state index contributed by atoms with van der Waals surface area (Å²) in [7, 11) is 0. The number of halogens is 4. The van der Waals surface area contributed by atoms with E-state index in [0.717, 1.165) is 0 Å². The summed E-state index contributed by atoms with van der Waals surface area (Å²) < 4.78 is 54.3. The Morgan fingerprint density at radius 3 is 1.22 bits per heavy atom. The standard InChI is InChI=1S/2C10H6F2N.C5H5.Ti/c2*11-8-3-4-10(9(12)7-8)13-5-1-2-6-13;1-2-4-5-3-1;/h2*1-6H;1-5H;/q3*-1;+4.